The Balaban J connectivity index is 0.000000186. The SMILES string of the molecule is CC(=O)c1nn(CC(=O)OC(C)(C)C)c2ccc(-c3cnc(C)nc3)cc12.CC(=O)c1nn(CC(=O)OC(C)(C)C)c2ccc(Br)cc12.CC1(C)OB(B2OC(C)(C)C(C)(C)O2)OC1(C)C.Cc1ncc(B2OC(C)(C)C(C)(C)O2)cn1.Cc1ncc(Br)cn1. The average Bonchev–Trinajstić information content (AvgIpc) is 1.64. The highest BCUT2D eigenvalue weighted by molar-refractivity contribution is 9.10. The van der Waals surface area contributed by atoms with Gasteiger partial charge < -0.3 is 37.4 Å². The highest BCUT2D eigenvalue weighted by Crippen LogP contribution is 2.43. The lowest BCUT2D eigenvalue weighted by atomic mass is 9.49. The minimum Gasteiger partial charge on any atom is -0.459 e. The first-order valence-electron chi connectivity index (χ1n) is 29.5. The fourth-order valence-electron chi connectivity index (χ4n) is 8.68. The smallest absolute Gasteiger partial charge is 0.459 e. The second kappa shape index (κ2) is 28.0. The molecule has 0 atom stereocenters. The van der Waals surface area contributed by atoms with Crippen LogP contribution < -0.4 is 5.46 Å². The van der Waals surface area contributed by atoms with Gasteiger partial charge in [0.1, 0.15) is 53.2 Å². The fourth-order valence-corrected chi connectivity index (χ4v) is 9.25. The van der Waals surface area contributed by atoms with E-state index in [1.54, 1.807) is 37.2 Å². The molecule has 8 heterocycles. The molecule has 482 valence electrons. The molecular weight excluding hydrogens is 1280 g/mol. The van der Waals surface area contributed by atoms with Crippen molar-refractivity contribution in [3.63, 3.8) is 0 Å². The summed E-state index contributed by atoms with van der Waals surface area (Å²) in [4.78, 5) is 72.4. The molecule has 22 nitrogen and oxygen atoms in total. The van der Waals surface area contributed by atoms with Gasteiger partial charge >= 0.3 is 33.1 Å². The third-order valence-corrected chi connectivity index (χ3v) is 16.4. The number of nitrogens with zero attached hydrogens (tertiary/aromatic N) is 10. The Hall–Kier alpha value is -6.19. The van der Waals surface area contributed by atoms with Gasteiger partial charge in [0, 0.05) is 77.3 Å². The van der Waals surface area contributed by atoms with Crippen LogP contribution in [0, 0.1) is 20.8 Å². The number of hydrogen-bond donors (Lipinski definition) is 0. The van der Waals surface area contributed by atoms with Crippen molar-refractivity contribution in [3.05, 3.63) is 111 Å². The molecule has 0 spiro atoms. The molecule has 90 heavy (non-hydrogen) atoms. The number of aryl methyl sites for hydroxylation is 3. The first-order chi connectivity index (χ1) is 41.3. The highest BCUT2D eigenvalue weighted by atomic mass is 79.9. The highest BCUT2D eigenvalue weighted by Gasteiger charge is 2.64. The molecule has 3 saturated heterocycles. The molecule has 3 aliphatic heterocycles. The summed E-state index contributed by atoms with van der Waals surface area (Å²) in [5, 5.41) is 10.00. The predicted molar refractivity (Wildman–Crippen MR) is 354 cm³/mol. The van der Waals surface area contributed by atoms with Gasteiger partial charge in [-0.15, -0.1) is 0 Å². The Morgan fingerprint density at radius 3 is 1.16 bits per heavy atom. The van der Waals surface area contributed by atoms with Crippen molar-refractivity contribution in [2.75, 3.05) is 0 Å². The average molecular weight is 1370 g/mol. The Labute approximate surface area is 546 Å². The molecule has 10 rings (SSSR count). The van der Waals surface area contributed by atoms with Crippen LogP contribution in [0.2, 0.25) is 0 Å². The summed E-state index contributed by atoms with van der Waals surface area (Å²) >= 11 is 6.60. The van der Waals surface area contributed by atoms with Crippen molar-refractivity contribution in [1.82, 2.24) is 49.5 Å². The number of ether oxygens (including phenoxy) is 2. The largest absolute Gasteiger partial charge is 0.498 e. The molecular formula is C63H85B3Br2N10O12. The van der Waals surface area contributed by atoms with Gasteiger partial charge in [-0.25, -0.2) is 29.9 Å². The molecule has 7 aromatic rings. The molecule has 3 aliphatic rings. The van der Waals surface area contributed by atoms with Gasteiger partial charge in [0.25, 0.3) is 0 Å². The van der Waals surface area contributed by atoms with E-state index in [-0.39, 0.29) is 71.4 Å². The van der Waals surface area contributed by atoms with Crippen molar-refractivity contribution in [3.8, 4) is 11.1 Å². The molecule has 0 saturated carbocycles. The van der Waals surface area contributed by atoms with E-state index in [2.05, 4.69) is 72.0 Å². The number of Topliss-reactive ketones (excluding diaryl/α,β-unsaturated/α-hetero) is 2. The summed E-state index contributed by atoms with van der Waals surface area (Å²) in [6, 6.07) is 11.1. The molecule has 0 bridgehead atoms. The molecule has 0 aliphatic carbocycles. The maximum atomic E-state index is 12.2. The van der Waals surface area contributed by atoms with Crippen LogP contribution in [-0.4, -0.2) is 139 Å². The van der Waals surface area contributed by atoms with Gasteiger partial charge in [-0.05, 0) is 197 Å². The zero-order valence-electron chi connectivity index (χ0n) is 56.2. The lowest BCUT2D eigenvalue weighted by Crippen LogP contribution is -2.41. The van der Waals surface area contributed by atoms with Gasteiger partial charge in [-0.1, -0.05) is 22.0 Å². The molecule has 0 radical (unpaired) electrons. The van der Waals surface area contributed by atoms with Crippen molar-refractivity contribution in [2.45, 2.75) is 217 Å². The summed E-state index contributed by atoms with van der Waals surface area (Å²) in [7, 11) is -1.32. The number of halogens is 2. The topological polar surface area (TPSA) is 255 Å². The number of ketones is 2. The third kappa shape index (κ3) is 18.7. The van der Waals surface area contributed by atoms with Gasteiger partial charge in [0.05, 0.1) is 49.1 Å². The van der Waals surface area contributed by atoms with Crippen LogP contribution in [0.25, 0.3) is 32.9 Å². The Morgan fingerprint density at radius 2 is 0.800 bits per heavy atom. The second-order valence-corrected chi connectivity index (χ2v) is 28.9. The van der Waals surface area contributed by atoms with Crippen LogP contribution in [0.5, 0.6) is 0 Å². The van der Waals surface area contributed by atoms with Gasteiger partial charge in [0.15, 0.2) is 11.6 Å². The quantitative estimate of drug-likeness (QED) is 0.0739. The van der Waals surface area contributed by atoms with Crippen LogP contribution in [-0.2, 0) is 60.1 Å². The number of esters is 2. The molecule has 2 aromatic carbocycles. The summed E-state index contributed by atoms with van der Waals surface area (Å²) < 4.78 is 51.1. The van der Waals surface area contributed by atoms with Crippen LogP contribution in [0.4, 0.5) is 0 Å². The van der Waals surface area contributed by atoms with Crippen LogP contribution >= 0.6 is 31.9 Å². The monoisotopic (exact) mass is 1360 g/mol. The van der Waals surface area contributed by atoms with Gasteiger partial charge in [-0.3, -0.25) is 28.5 Å². The number of hydrogen-bond acceptors (Lipinski definition) is 20. The van der Waals surface area contributed by atoms with E-state index in [4.69, 9.17) is 37.4 Å². The Morgan fingerprint density at radius 1 is 0.467 bits per heavy atom. The number of carbonyl (C=O) groups is 4. The minimum absolute atomic E-state index is 0.0251. The second-order valence-electron chi connectivity index (χ2n) is 27.1. The van der Waals surface area contributed by atoms with E-state index >= 15 is 0 Å². The lowest BCUT2D eigenvalue weighted by molar-refractivity contribution is -0.156. The van der Waals surface area contributed by atoms with Crippen molar-refractivity contribution in [1.29, 1.82) is 0 Å². The number of aromatic nitrogens is 10. The Bertz CT molecular complexity index is 3590. The van der Waals surface area contributed by atoms with Crippen molar-refractivity contribution >= 4 is 104 Å². The summed E-state index contributed by atoms with van der Waals surface area (Å²) in [5.41, 5.74) is 1.49. The maximum Gasteiger partial charge on any atom is 0.498 e. The lowest BCUT2D eigenvalue weighted by Gasteiger charge is -2.32. The number of carbonyl (C=O) groups excluding carboxylic acids is 4. The van der Waals surface area contributed by atoms with E-state index < -0.39 is 31.2 Å². The normalized spacial score (nSPS) is 17.4. The van der Waals surface area contributed by atoms with Crippen LogP contribution in [0.3, 0.4) is 0 Å². The zero-order chi connectivity index (χ0) is 67.5. The van der Waals surface area contributed by atoms with Crippen molar-refractivity contribution < 1.29 is 56.6 Å². The number of fused-ring (bicyclic) bond motifs is 2. The first kappa shape index (κ1) is 72.9. The predicted octanol–water partition coefficient (Wildman–Crippen LogP) is 11.6. The molecule has 0 unspecified atom stereocenters. The first-order valence-corrected chi connectivity index (χ1v) is 31.1. The molecule has 27 heteroatoms. The summed E-state index contributed by atoms with van der Waals surface area (Å²) in [5.74, 6) is 1.15. The zero-order valence-corrected chi connectivity index (χ0v) is 59.4. The van der Waals surface area contributed by atoms with Crippen LogP contribution in [0.1, 0.15) is 177 Å². The number of rotatable bonds is 9. The van der Waals surface area contributed by atoms with E-state index in [9.17, 15) is 19.2 Å². The van der Waals surface area contributed by atoms with E-state index in [0.29, 0.717) is 28.1 Å². The molecule has 0 amide bonds. The standard InChI is InChI=1S/C20H22N4O3.C15H17BrN2O3.C12H24B2O4.C11H17BN2O2.C5H5BrN2/c1-12(25)19-16-8-14(15-9-21-13(2)22-10-15)6-7-17(16)24(23-19)11-18(26)27-20(3,4)5;1-9(19)14-11-7-10(16)5-6-12(11)18(17-14)8-13(20)21-15(2,3)4;1-9(2)10(3,4)16-13(15-9)14-17-11(5,6)12(7,8)18-14;1-8-13-6-9(7-14-8)12-15-10(2,3)11(4,5)16-12;1-4-7-2-5(6)3-8-4/h6-10H,11H2,1-5H3;5-7H,8H2,1-4H3;1-8H3;6-7H,1-5H3;2-3H,1H3. The number of benzene rings is 2. The third-order valence-electron chi connectivity index (χ3n) is 15.5. The Kier molecular flexibility index (Phi) is 22.6. The summed E-state index contributed by atoms with van der Waals surface area (Å²) in [6.45, 7) is 43.5. The van der Waals surface area contributed by atoms with Gasteiger partial charge in [0.2, 0.25) is 0 Å². The fraction of sp³-hybridized carbons (Fsp3) is 0.524. The van der Waals surface area contributed by atoms with Gasteiger partial charge in [-0.2, -0.15) is 10.2 Å². The molecule has 0 N–H and O–H groups in total. The molecule has 5 aromatic heterocycles. The molecule has 3 fully saturated rings. The van der Waals surface area contributed by atoms with Crippen LogP contribution in [0.15, 0.2) is 82.5 Å². The van der Waals surface area contributed by atoms with E-state index in [0.717, 1.165) is 48.1 Å². The van der Waals surface area contributed by atoms with E-state index in [1.165, 1.54) is 23.2 Å². The summed E-state index contributed by atoms with van der Waals surface area (Å²) in [6.07, 6.45) is 10.4. The maximum absolute atomic E-state index is 12.2. The van der Waals surface area contributed by atoms with Crippen molar-refractivity contribution in [2.24, 2.45) is 0 Å². The minimum atomic E-state index is -0.581. The van der Waals surface area contributed by atoms with E-state index in [1.807, 2.05) is 182 Å².